The van der Waals surface area contributed by atoms with Crippen molar-refractivity contribution in [3.8, 4) is 22.6 Å². The Hall–Kier alpha value is -7.04. The van der Waals surface area contributed by atoms with E-state index in [9.17, 15) is 0 Å². The van der Waals surface area contributed by atoms with Crippen molar-refractivity contribution >= 4 is 18.0 Å². The van der Waals surface area contributed by atoms with Gasteiger partial charge in [0, 0.05) is 16.6 Å². The molecule has 11 rings (SSSR count). The SMILES string of the molecule is C=N.CC1(C)c2ccccc2-c2ccc(C(=N)c3ccccc3)cc21.Cc1ccc2c(c1)OC1C=CC3=C(c4ccccc4C3(c3ccccc3)c3ccccc3)C1O2. The molecule has 2 atom stereocenters. The van der Waals surface area contributed by atoms with E-state index in [0.29, 0.717) is 5.71 Å². The average Bonchev–Trinajstić information content (AvgIpc) is 3.73. The molecule has 0 aromatic heterocycles. The van der Waals surface area contributed by atoms with E-state index >= 15 is 0 Å². The molecule has 0 amide bonds. The summed E-state index contributed by atoms with van der Waals surface area (Å²) in [6.07, 6.45) is 4.09. The van der Waals surface area contributed by atoms with Crippen molar-refractivity contribution < 1.29 is 9.47 Å². The quantitative estimate of drug-likeness (QED) is 0.175. The molecule has 4 heteroatoms. The summed E-state index contributed by atoms with van der Waals surface area (Å²) in [6, 6.07) is 61.7. The predicted octanol–water partition coefficient (Wildman–Crippen LogP) is 12.5. The lowest BCUT2D eigenvalue weighted by atomic mass is 9.66. The lowest BCUT2D eigenvalue weighted by Crippen LogP contribution is -2.41. The number of benzene rings is 7. The molecule has 0 saturated heterocycles. The van der Waals surface area contributed by atoms with Crippen LogP contribution in [0.15, 0.2) is 194 Å². The summed E-state index contributed by atoms with van der Waals surface area (Å²) >= 11 is 0. The van der Waals surface area contributed by atoms with E-state index in [-0.39, 0.29) is 17.6 Å². The van der Waals surface area contributed by atoms with Crippen LogP contribution in [0.1, 0.15) is 63.9 Å². The van der Waals surface area contributed by atoms with Gasteiger partial charge in [-0.05, 0) is 99.1 Å². The highest BCUT2D eigenvalue weighted by atomic mass is 16.6. The van der Waals surface area contributed by atoms with Gasteiger partial charge in [-0.1, -0.05) is 178 Å². The molecule has 288 valence electrons. The van der Waals surface area contributed by atoms with E-state index in [1.54, 1.807) is 0 Å². The smallest absolute Gasteiger partial charge is 0.165 e. The number of nitrogens with one attached hydrogen (secondary N) is 2. The van der Waals surface area contributed by atoms with Gasteiger partial charge in [0.25, 0.3) is 0 Å². The van der Waals surface area contributed by atoms with Gasteiger partial charge in [-0.15, -0.1) is 0 Å². The number of ether oxygens (including phenoxy) is 2. The van der Waals surface area contributed by atoms with Crippen molar-refractivity contribution in [1.29, 1.82) is 10.8 Å². The van der Waals surface area contributed by atoms with Gasteiger partial charge < -0.3 is 14.9 Å². The largest absolute Gasteiger partial charge is 0.478 e. The molecule has 2 N–H and O–H groups in total. The molecule has 0 spiro atoms. The zero-order chi connectivity index (χ0) is 40.7. The molecule has 3 aliphatic carbocycles. The molecule has 2 unspecified atom stereocenters. The predicted molar refractivity (Wildman–Crippen MR) is 241 cm³/mol. The van der Waals surface area contributed by atoms with Crippen LogP contribution < -0.4 is 9.47 Å². The molecular weight excluding hydrogens is 721 g/mol. The van der Waals surface area contributed by atoms with Crippen molar-refractivity contribution in [1.82, 2.24) is 0 Å². The van der Waals surface area contributed by atoms with E-state index in [1.807, 2.05) is 36.4 Å². The number of allylic oxidation sites excluding steroid dienone is 2. The van der Waals surface area contributed by atoms with Crippen LogP contribution in [0.5, 0.6) is 11.5 Å². The Labute approximate surface area is 347 Å². The first-order valence-corrected chi connectivity index (χ1v) is 20.2. The normalized spacial score (nSPS) is 17.7. The van der Waals surface area contributed by atoms with Crippen LogP contribution in [0, 0.1) is 17.7 Å². The van der Waals surface area contributed by atoms with Gasteiger partial charge in [0.1, 0.15) is 0 Å². The lowest BCUT2D eigenvalue weighted by molar-refractivity contribution is 0.0810. The number of fused-ring (bicyclic) bond motifs is 8. The van der Waals surface area contributed by atoms with Gasteiger partial charge in [-0.25, -0.2) is 0 Å². The summed E-state index contributed by atoms with van der Waals surface area (Å²) < 4.78 is 13.2. The van der Waals surface area contributed by atoms with E-state index < -0.39 is 5.41 Å². The first-order chi connectivity index (χ1) is 28.9. The molecule has 7 aromatic rings. The molecule has 0 radical (unpaired) electrons. The van der Waals surface area contributed by atoms with Gasteiger partial charge in [0.05, 0.1) is 11.1 Å². The Balaban J connectivity index is 0.000000157. The number of hydrogen-bond donors (Lipinski definition) is 2. The van der Waals surface area contributed by atoms with Gasteiger partial charge in [-0.2, -0.15) is 0 Å². The molecule has 7 aromatic carbocycles. The summed E-state index contributed by atoms with van der Waals surface area (Å²) in [4.78, 5) is 0. The minimum absolute atomic E-state index is 0.0150. The third-order valence-electron chi connectivity index (χ3n) is 12.3. The van der Waals surface area contributed by atoms with Crippen molar-refractivity contribution in [2.45, 2.75) is 43.8 Å². The molecule has 1 heterocycles. The van der Waals surface area contributed by atoms with Crippen LogP contribution in [-0.4, -0.2) is 24.6 Å². The summed E-state index contributed by atoms with van der Waals surface area (Å²) in [6.45, 7) is 9.12. The third kappa shape index (κ3) is 6.06. The van der Waals surface area contributed by atoms with E-state index in [4.69, 9.17) is 20.3 Å². The van der Waals surface area contributed by atoms with Crippen molar-refractivity contribution in [2.75, 3.05) is 0 Å². The fraction of sp³-hybridized carbons (Fsp3) is 0.127. The van der Waals surface area contributed by atoms with Crippen LogP contribution in [0.2, 0.25) is 0 Å². The molecular formula is C55H46N2O2. The fourth-order valence-electron chi connectivity index (χ4n) is 9.63. The maximum atomic E-state index is 8.52. The Morgan fingerprint density at radius 3 is 1.80 bits per heavy atom. The Bertz CT molecular complexity index is 2730. The Morgan fingerprint density at radius 1 is 0.542 bits per heavy atom. The van der Waals surface area contributed by atoms with Crippen LogP contribution in [-0.2, 0) is 10.8 Å². The highest BCUT2D eigenvalue weighted by Gasteiger charge is 2.52. The highest BCUT2D eigenvalue weighted by molar-refractivity contribution is 6.11. The average molecular weight is 767 g/mol. The van der Waals surface area contributed by atoms with Crippen LogP contribution >= 0.6 is 0 Å². The van der Waals surface area contributed by atoms with Crippen molar-refractivity contribution in [3.05, 3.63) is 244 Å². The van der Waals surface area contributed by atoms with Crippen LogP contribution in [0.25, 0.3) is 16.7 Å². The number of hydrogen-bond acceptors (Lipinski definition) is 4. The zero-order valence-corrected chi connectivity index (χ0v) is 33.6. The summed E-state index contributed by atoms with van der Waals surface area (Å²) in [5.74, 6) is 1.63. The topological polar surface area (TPSA) is 66.2 Å². The monoisotopic (exact) mass is 766 g/mol. The third-order valence-corrected chi connectivity index (χ3v) is 12.3. The lowest BCUT2D eigenvalue weighted by Gasteiger charge is -2.39. The van der Waals surface area contributed by atoms with Crippen molar-refractivity contribution in [3.63, 3.8) is 0 Å². The van der Waals surface area contributed by atoms with Gasteiger partial charge in [0.15, 0.2) is 23.7 Å². The van der Waals surface area contributed by atoms with Gasteiger partial charge in [-0.3, -0.25) is 5.41 Å². The Kier molecular flexibility index (Phi) is 9.57. The van der Waals surface area contributed by atoms with Crippen LogP contribution in [0.3, 0.4) is 0 Å². The Morgan fingerprint density at radius 2 is 1.12 bits per heavy atom. The molecule has 1 aliphatic heterocycles. The molecule has 59 heavy (non-hydrogen) atoms. The molecule has 0 saturated carbocycles. The minimum Gasteiger partial charge on any atom is -0.478 e. The number of rotatable bonds is 4. The molecule has 0 bridgehead atoms. The molecule has 4 aliphatic rings. The maximum absolute atomic E-state index is 8.52. The molecule has 0 fully saturated rings. The summed E-state index contributed by atoms with van der Waals surface area (Å²) in [7, 11) is 0. The second-order valence-corrected chi connectivity index (χ2v) is 16.0. The van der Waals surface area contributed by atoms with E-state index in [2.05, 4.69) is 179 Å². The maximum Gasteiger partial charge on any atom is 0.165 e. The summed E-state index contributed by atoms with van der Waals surface area (Å²) in [5, 5.41) is 14.0. The highest BCUT2D eigenvalue weighted by Crippen LogP contribution is 2.58. The van der Waals surface area contributed by atoms with Crippen molar-refractivity contribution in [2.24, 2.45) is 0 Å². The standard InChI is InChI=1S/C32H24O2.C22H19N.CH3N/c1-21-16-18-27-29(20-21)33-28-19-17-26-30(31(28)34-27)24-14-8-9-15-25(24)32(26,22-10-4-2-5-11-22)23-12-6-3-7-13-23;1-22(2)19-11-7-6-10-17(19)18-13-12-16(14-20(18)22)21(23)15-8-4-3-5-9-15;1-2/h2-20,28,31H,1H3;3-14,23H,1-2H3;2H,1H2. The summed E-state index contributed by atoms with van der Waals surface area (Å²) in [5.41, 5.74) is 16.1. The van der Waals surface area contributed by atoms with Gasteiger partial charge in [0.2, 0.25) is 0 Å². The first-order valence-electron chi connectivity index (χ1n) is 20.2. The second kappa shape index (κ2) is 15.0. The fourth-order valence-corrected chi connectivity index (χ4v) is 9.63. The van der Waals surface area contributed by atoms with E-state index in [0.717, 1.165) is 22.6 Å². The number of aryl methyl sites for hydroxylation is 1. The molecule has 4 nitrogen and oxygen atoms in total. The van der Waals surface area contributed by atoms with Gasteiger partial charge >= 0.3 is 0 Å². The first kappa shape index (κ1) is 37.5. The second-order valence-electron chi connectivity index (χ2n) is 16.0. The van der Waals surface area contributed by atoms with E-state index in [1.165, 1.54) is 61.2 Å². The zero-order valence-electron chi connectivity index (χ0n) is 33.6. The minimum atomic E-state index is -0.410. The van der Waals surface area contributed by atoms with Crippen LogP contribution in [0.4, 0.5) is 0 Å².